The van der Waals surface area contributed by atoms with Crippen molar-refractivity contribution in [2.45, 2.75) is 13.5 Å². The van der Waals surface area contributed by atoms with Crippen LogP contribution in [0.15, 0.2) is 77.7 Å². The zero-order chi connectivity index (χ0) is 23.8. The van der Waals surface area contributed by atoms with Crippen molar-refractivity contribution in [3.05, 3.63) is 93.5 Å². The molecular formula is C25H20Cl2N6O. The first-order chi connectivity index (χ1) is 16.5. The number of halogens is 2. The van der Waals surface area contributed by atoms with Crippen LogP contribution in [0.5, 0.6) is 0 Å². The predicted molar refractivity (Wildman–Crippen MR) is 136 cm³/mol. The van der Waals surface area contributed by atoms with Crippen molar-refractivity contribution in [3.8, 4) is 22.4 Å². The Labute approximate surface area is 205 Å². The van der Waals surface area contributed by atoms with Gasteiger partial charge in [-0.3, -0.25) is 4.90 Å². The highest BCUT2D eigenvalue weighted by atomic mass is 35.5. The fourth-order valence-corrected chi connectivity index (χ4v) is 4.10. The third kappa shape index (κ3) is 3.83. The molecule has 0 aliphatic carbocycles. The second-order valence-electron chi connectivity index (χ2n) is 7.65. The third-order valence-corrected chi connectivity index (χ3v) is 6.06. The molecule has 9 heteroatoms. The molecule has 0 spiro atoms. The number of hydrogen-bond donors (Lipinski definition) is 0. The van der Waals surface area contributed by atoms with Gasteiger partial charge in [-0.25, -0.2) is 23.8 Å². The standard InChI is InChI=1S/C25H20Cl2N6O/c1-3-32-25(34)33-23(30-32)21(16-7-11-18(26)12-8-16)22(17-9-13-19(27)14-10-17)29-24(33)31(2)20-6-4-5-15-28-20/h4-15H,3H2,1-2H3. The zero-order valence-corrected chi connectivity index (χ0v) is 20.0. The summed E-state index contributed by atoms with van der Waals surface area (Å²) >= 11 is 12.3. The summed E-state index contributed by atoms with van der Waals surface area (Å²) in [6.45, 7) is 2.30. The topological polar surface area (TPSA) is 68.3 Å². The molecule has 0 saturated heterocycles. The minimum atomic E-state index is -0.277. The summed E-state index contributed by atoms with van der Waals surface area (Å²) in [6.07, 6.45) is 1.70. The molecule has 3 aromatic heterocycles. The lowest BCUT2D eigenvalue weighted by atomic mass is 10.00. The Bertz CT molecular complexity index is 1530. The van der Waals surface area contributed by atoms with Crippen LogP contribution >= 0.6 is 23.2 Å². The third-order valence-electron chi connectivity index (χ3n) is 5.55. The average Bonchev–Trinajstić information content (AvgIpc) is 3.20. The van der Waals surface area contributed by atoms with Crippen LogP contribution in [0.25, 0.3) is 28.0 Å². The van der Waals surface area contributed by atoms with E-state index in [1.54, 1.807) is 11.1 Å². The van der Waals surface area contributed by atoms with Crippen molar-refractivity contribution in [2.75, 3.05) is 11.9 Å². The summed E-state index contributed by atoms with van der Waals surface area (Å²) in [5.41, 5.74) is 3.28. The maximum Gasteiger partial charge on any atom is 0.353 e. The summed E-state index contributed by atoms with van der Waals surface area (Å²) in [5, 5.41) is 5.93. The molecule has 0 radical (unpaired) electrons. The molecule has 0 bridgehead atoms. The zero-order valence-electron chi connectivity index (χ0n) is 18.5. The molecule has 0 N–H and O–H groups in total. The van der Waals surface area contributed by atoms with Gasteiger partial charge in [0, 0.05) is 35.4 Å². The van der Waals surface area contributed by atoms with E-state index in [0.29, 0.717) is 39.7 Å². The number of fused-ring (bicyclic) bond motifs is 1. The predicted octanol–water partition coefficient (Wildman–Crippen LogP) is 5.71. The van der Waals surface area contributed by atoms with Gasteiger partial charge in [0.25, 0.3) is 0 Å². The van der Waals surface area contributed by atoms with Crippen LogP contribution in [0.2, 0.25) is 10.0 Å². The first kappa shape index (κ1) is 22.1. The largest absolute Gasteiger partial charge is 0.353 e. The lowest BCUT2D eigenvalue weighted by Crippen LogP contribution is -2.26. The maximum absolute atomic E-state index is 13.4. The molecule has 0 unspecified atom stereocenters. The maximum atomic E-state index is 13.4. The van der Waals surface area contributed by atoms with Gasteiger partial charge in [0.05, 0.1) is 11.3 Å². The molecule has 0 saturated carbocycles. The van der Waals surface area contributed by atoms with Gasteiger partial charge >= 0.3 is 5.69 Å². The lowest BCUT2D eigenvalue weighted by molar-refractivity contribution is 0.633. The molecular weight excluding hydrogens is 471 g/mol. The van der Waals surface area contributed by atoms with Gasteiger partial charge < -0.3 is 0 Å². The molecule has 0 aliphatic heterocycles. The van der Waals surface area contributed by atoms with Crippen LogP contribution in [-0.2, 0) is 6.54 Å². The monoisotopic (exact) mass is 490 g/mol. The second kappa shape index (κ2) is 8.93. The molecule has 0 atom stereocenters. The van der Waals surface area contributed by atoms with Crippen molar-refractivity contribution in [1.82, 2.24) is 24.1 Å². The van der Waals surface area contributed by atoms with Crippen molar-refractivity contribution < 1.29 is 0 Å². The van der Waals surface area contributed by atoms with E-state index < -0.39 is 0 Å². The van der Waals surface area contributed by atoms with Gasteiger partial charge in [-0.05, 0) is 48.9 Å². The Kier molecular flexibility index (Phi) is 5.81. The van der Waals surface area contributed by atoms with E-state index in [2.05, 4.69) is 4.98 Å². The van der Waals surface area contributed by atoms with Gasteiger partial charge in [-0.15, -0.1) is 5.10 Å². The van der Waals surface area contributed by atoms with E-state index in [9.17, 15) is 4.79 Å². The van der Waals surface area contributed by atoms with Gasteiger partial charge in [-0.1, -0.05) is 53.5 Å². The highest BCUT2D eigenvalue weighted by Crippen LogP contribution is 2.37. The Morgan fingerprint density at radius 1 is 0.912 bits per heavy atom. The smallest absolute Gasteiger partial charge is 0.299 e. The minimum absolute atomic E-state index is 0.277. The number of nitrogens with zero attached hydrogens (tertiary/aromatic N) is 6. The summed E-state index contributed by atoms with van der Waals surface area (Å²) in [5.74, 6) is 1.05. The lowest BCUT2D eigenvalue weighted by Gasteiger charge is -2.20. The number of aromatic nitrogens is 5. The molecule has 0 fully saturated rings. The molecule has 0 aliphatic rings. The molecule has 34 heavy (non-hydrogen) atoms. The molecule has 3 heterocycles. The van der Waals surface area contributed by atoms with Crippen LogP contribution in [0.1, 0.15) is 6.92 Å². The Balaban J connectivity index is 1.90. The van der Waals surface area contributed by atoms with Crippen molar-refractivity contribution >= 4 is 40.6 Å². The summed E-state index contributed by atoms with van der Waals surface area (Å²) in [7, 11) is 1.83. The van der Waals surface area contributed by atoms with Gasteiger partial charge in [-0.2, -0.15) is 0 Å². The van der Waals surface area contributed by atoms with E-state index in [1.165, 1.54) is 9.08 Å². The van der Waals surface area contributed by atoms with Crippen molar-refractivity contribution in [3.63, 3.8) is 0 Å². The number of aryl methyl sites for hydroxylation is 1. The van der Waals surface area contributed by atoms with Gasteiger partial charge in [0.2, 0.25) is 5.95 Å². The normalized spacial score (nSPS) is 11.2. The fourth-order valence-electron chi connectivity index (χ4n) is 3.85. The van der Waals surface area contributed by atoms with Crippen LogP contribution in [-0.4, -0.2) is 31.2 Å². The van der Waals surface area contributed by atoms with Crippen molar-refractivity contribution in [2.24, 2.45) is 0 Å². The average molecular weight is 491 g/mol. The number of hydrogen-bond acceptors (Lipinski definition) is 5. The van der Waals surface area contributed by atoms with E-state index in [0.717, 1.165) is 16.7 Å². The molecule has 5 rings (SSSR count). The summed E-state index contributed by atoms with van der Waals surface area (Å²) < 4.78 is 2.96. The van der Waals surface area contributed by atoms with Gasteiger partial charge in [0.15, 0.2) is 5.65 Å². The van der Waals surface area contributed by atoms with Crippen LogP contribution < -0.4 is 10.6 Å². The first-order valence-electron chi connectivity index (χ1n) is 10.7. The van der Waals surface area contributed by atoms with E-state index in [-0.39, 0.29) is 5.69 Å². The number of anilines is 2. The SMILES string of the molecule is CCn1nc2c(-c3ccc(Cl)cc3)c(-c3ccc(Cl)cc3)nc(N(C)c3ccccn3)n2c1=O. The van der Waals surface area contributed by atoms with Crippen molar-refractivity contribution in [1.29, 1.82) is 0 Å². The van der Waals surface area contributed by atoms with E-state index in [1.807, 2.05) is 80.7 Å². The number of benzene rings is 2. The minimum Gasteiger partial charge on any atom is -0.299 e. The summed E-state index contributed by atoms with van der Waals surface area (Å²) in [6, 6.07) is 20.4. The number of rotatable bonds is 5. The number of pyridine rings is 1. The second-order valence-corrected chi connectivity index (χ2v) is 8.53. The molecule has 5 aromatic rings. The van der Waals surface area contributed by atoms with Crippen LogP contribution in [0.3, 0.4) is 0 Å². The highest BCUT2D eigenvalue weighted by Gasteiger charge is 2.24. The van der Waals surface area contributed by atoms with E-state index in [4.69, 9.17) is 33.3 Å². The Morgan fingerprint density at radius 2 is 1.56 bits per heavy atom. The fraction of sp³-hybridized carbons (Fsp3) is 0.120. The van der Waals surface area contributed by atoms with Gasteiger partial charge in [0.1, 0.15) is 5.82 Å². The quantitative estimate of drug-likeness (QED) is 0.315. The van der Waals surface area contributed by atoms with Crippen LogP contribution in [0.4, 0.5) is 11.8 Å². The molecule has 170 valence electrons. The van der Waals surface area contributed by atoms with Crippen LogP contribution in [0, 0.1) is 0 Å². The molecule has 0 amide bonds. The van der Waals surface area contributed by atoms with E-state index >= 15 is 0 Å². The molecule has 7 nitrogen and oxygen atoms in total. The molecule has 2 aromatic carbocycles. The summed E-state index contributed by atoms with van der Waals surface area (Å²) in [4.78, 5) is 24.6. The highest BCUT2D eigenvalue weighted by molar-refractivity contribution is 6.31. The Hall–Kier alpha value is -3.68. The Morgan fingerprint density at radius 3 is 2.15 bits per heavy atom. The first-order valence-corrected chi connectivity index (χ1v) is 11.4.